The van der Waals surface area contributed by atoms with E-state index in [1.54, 1.807) is 18.2 Å². The van der Waals surface area contributed by atoms with Crippen molar-refractivity contribution in [3.05, 3.63) is 78.9 Å². The molecule has 27 heavy (non-hydrogen) atoms. The SMILES string of the molecule is O=C1S/C(=C\C=C\c2ccc([N+](=O)[O-])o2)C(=O)N1Cc1ccc(Cl)cc1Cl. The molecule has 1 aliphatic heterocycles. The number of halogens is 2. The highest BCUT2D eigenvalue weighted by Gasteiger charge is 2.35. The van der Waals surface area contributed by atoms with Gasteiger partial charge in [0.1, 0.15) is 10.7 Å². The van der Waals surface area contributed by atoms with Crippen LogP contribution >= 0.6 is 35.0 Å². The van der Waals surface area contributed by atoms with E-state index in [0.29, 0.717) is 15.6 Å². The summed E-state index contributed by atoms with van der Waals surface area (Å²) in [6.45, 7) is 0.0338. The summed E-state index contributed by atoms with van der Waals surface area (Å²) in [4.78, 5) is 35.8. The summed E-state index contributed by atoms with van der Waals surface area (Å²) >= 11 is 12.7. The summed E-state index contributed by atoms with van der Waals surface area (Å²) in [5.41, 5.74) is 0.600. The van der Waals surface area contributed by atoms with Gasteiger partial charge < -0.3 is 4.42 Å². The Labute approximate surface area is 167 Å². The molecule has 0 saturated carbocycles. The first-order chi connectivity index (χ1) is 12.8. The maximum atomic E-state index is 12.4. The number of furan rings is 1. The molecule has 0 N–H and O–H groups in total. The number of rotatable bonds is 5. The summed E-state index contributed by atoms with van der Waals surface area (Å²) in [5.74, 6) is -0.578. The number of hydrogen-bond donors (Lipinski definition) is 0. The highest BCUT2D eigenvalue weighted by molar-refractivity contribution is 8.18. The van der Waals surface area contributed by atoms with Crippen molar-refractivity contribution in [3.63, 3.8) is 0 Å². The normalized spacial score (nSPS) is 16.1. The largest absolute Gasteiger partial charge is 0.433 e. The number of nitrogens with zero attached hydrogens (tertiary/aromatic N) is 2. The van der Waals surface area contributed by atoms with Crippen LogP contribution in [-0.4, -0.2) is 21.0 Å². The zero-order chi connectivity index (χ0) is 19.6. The van der Waals surface area contributed by atoms with E-state index < -0.39 is 16.1 Å². The highest BCUT2D eigenvalue weighted by atomic mass is 35.5. The molecule has 7 nitrogen and oxygen atoms in total. The van der Waals surface area contributed by atoms with E-state index in [9.17, 15) is 19.7 Å². The van der Waals surface area contributed by atoms with Gasteiger partial charge in [-0.3, -0.25) is 24.6 Å². The first kappa shape index (κ1) is 19.2. The molecule has 0 radical (unpaired) electrons. The Morgan fingerprint density at radius 3 is 2.67 bits per heavy atom. The second-order valence-electron chi connectivity index (χ2n) is 5.32. The lowest BCUT2D eigenvalue weighted by molar-refractivity contribution is -0.402. The topological polar surface area (TPSA) is 93.7 Å². The van der Waals surface area contributed by atoms with Gasteiger partial charge in [0, 0.05) is 10.0 Å². The maximum Gasteiger partial charge on any atom is 0.433 e. The van der Waals surface area contributed by atoms with Crippen LogP contribution in [0, 0.1) is 10.1 Å². The second-order valence-corrected chi connectivity index (χ2v) is 7.15. The first-order valence-electron chi connectivity index (χ1n) is 7.45. The van der Waals surface area contributed by atoms with E-state index in [-0.39, 0.29) is 23.1 Å². The van der Waals surface area contributed by atoms with Gasteiger partial charge in [0.2, 0.25) is 0 Å². The van der Waals surface area contributed by atoms with E-state index in [0.717, 1.165) is 16.7 Å². The van der Waals surface area contributed by atoms with Gasteiger partial charge in [-0.25, -0.2) is 0 Å². The Bertz CT molecular complexity index is 999. The predicted molar refractivity (Wildman–Crippen MR) is 102 cm³/mol. The molecule has 2 amide bonds. The van der Waals surface area contributed by atoms with Gasteiger partial charge in [-0.1, -0.05) is 35.3 Å². The third kappa shape index (κ3) is 4.41. The van der Waals surface area contributed by atoms with Crippen LogP contribution in [0.2, 0.25) is 10.0 Å². The number of benzene rings is 1. The third-order valence-electron chi connectivity index (χ3n) is 3.52. The molecule has 10 heteroatoms. The lowest BCUT2D eigenvalue weighted by atomic mass is 10.2. The molecule has 1 saturated heterocycles. The molecule has 1 aliphatic rings. The minimum absolute atomic E-state index is 0.0338. The summed E-state index contributed by atoms with van der Waals surface area (Å²) in [6.07, 6.45) is 4.38. The predicted octanol–water partition coefficient (Wildman–Crippen LogP) is 5.29. The molecule has 0 aliphatic carbocycles. The zero-order valence-electron chi connectivity index (χ0n) is 13.4. The van der Waals surface area contributed by atoms with Crippen LogP contribution in [0.25, 0.3) is 6.08 Å². The van der Waals surface area contributed by atoms with Crippen LogP contribution in [0.3, 0.4) is 0 Å². The first-order valence-corrected chi connectivity index (χ1v) is 9.02. The molecule has 0 atom stereocenters. The fourth-order valence-electron chi connectivity index (χ4n) is 2.23. The summed E-state index contributed by atoms with van der Waals surface area (Å²) in [5, 5.41) is 11.0. The van der Waals surface area contributed by atoms with Crippen molar-refractivity contribution >= 4 is 58.1 Å². The van der Waals surface area contributed by atoms with Gasteiger partial charge in [-0.15, -0.1) is 0 Å². The zero-order valence-corrected chi connectivity index (χ0v) is 15.8. The molecule has 138 valence electrons. The van der Waals surface area contributed by atoms with E-state index in [1.807, 2.05) is 0 Å². The number of amides is 2. The van der Waals surface area contributed by atoms with Gasteiger partial charge in [-0.2, -0.15) is 0 Å². The van der Waals surface area contributed by atoms with Crippen molar-refractivity contribution in [3.8, 4) is 0 Å². The summed E-state index contributed by atoms with van der Waals surface area (Å²) in [7, 11) is 0. The smallest absolute Gasteiger partial charge is 0.401 e. The second kappa shape index (κ2) is 7.99. The van der Waals surface area contributed by atoms with Gasteiger partial charge in [0.05, 0.1) is 17.5 Å². The molecule has 2 aromatic rings. The fourth-order valence-corrected chi connectivity index (χ4v) is 3.49. The van der Waals surface area contributed by atoms with Crippen molar-refractivity contribution in [1.29, 1.82) is 0 Å². The molecular formula is C17H10Cl2N2O5S. The lowest BCUT2D eigenvalue weighted by Crippen LogP contribution is -2.27. The van der Waals surface area contributed by atoms with Gasteiger partial charge in [-0.05, 0) is 47.7 Å². The highest BCUT2D eigenvalue weighted by Crippen LogP contribution is 2.33. The van der Waals surface area contributed by atoms with E-state index in [2.05, 4.69) is 0 Å². The molecular weight excluding hydrogens is 415 g/mol. The van der Waals surface area contributed by atoms with E-state index in [1.165, 1.54) is 30.4 Å². The molecule has 3 rings (SSSR count). The quantitative estimate of drug-likeness (QED) is 0.367. The number of allylic oxidation sites excluding steroid dienone is 2. The van der Waals surface area contributed by atoms with Gasteiger partial charge >= 0.3 is 5.88 Å². The Hall–Kier alpha value is -2.55. The van der Waals surface area contributed by atoms with Crippen LogP contribution in [0.4, 0.5) is 10.7 Å². The maximum absolute atomic E-state index is 12.4. The number of carbonyl (C=O) groups is 2. The fraction of sp³-hybridized carbons (Fsp3) is 0.0588. The van der Waals surface area contributed by atoms with Gasteiger partial charge in [0.25, 0.3) is 11.1 Å². The Kier molecular flexibility index (Phi) is 5.69. The molecule has 2 heterocycles. The van der Waals surface area contributed by atoms with Crippen molar-refractivity contribution in [2.45, 2.75) is 6.54 Å². The standard InChI is InChI=1S/C17H10Cl2N2O5S/c18-11-5-4-10(13(19)8-11)9-20-16(22)14(27-17(20)23)3-1-2-12-6-7-15(26-12)21(24)25/h1-8H,9H2/b2-1+,14-3-. The van der Waals surface area contributed by atoms with Crippen molar-refractivity contribution in [2.75, 3.05) is 0 Å². The van der Waals surface area contributed by atoms with Crippen LogP contribution in [0.1, 0.15) is 11.3 Å². The minimum atomic E-state index is -0.648. The lowest BCUT2D eigenvalue weighted by Gasteiger charge is -2.13. The van der Waals surface area contributed by atoms with E-state index in [4.69, 9.17) is 27.6 Å². The number of nitro groups is 1. The molecule has 0 spiro atoms. The molecule has 0 unspecified atom stereocenters. The van der Waals surface area contributed by atoms with E-state index >= 15 is 0 Å². The molecule has 1 aromatic carbocycles. The van der Waals surface area contributed by atoms with Crippen molar-refractivity contribution in [1.82, 2.24) is 4.90 Å². The minimum Gasteiger partial charge on any atom is -0.401 e. The average Bonchev–Trinajstić information content (AvgIpc) is 3.18. The number of hydrogen-bond acceptors (Lipinski definition) is 6. The summed E-state index contributed by atoms with van der Waals surface area (Å²) in [6, 6.07) is 7.48. The van der Waals surface area contributed by atoms with Crippen LogP contribution in [0.15, 0.2) is 51.8 Å². The molecule has 1 fully saturated rings. The number of imide groups is 1. The Morgan fingerprint density at radius 2 is 2.00 bits per heavy atom. The van der Waals surface area contributed by atoms with Crippen molar-refractivity contribution < 1.29 is 18.9 Å². The van der Waals surface area contributed by atoms with Crippen molar-refractivity contribution in [2.24, 2.45) is 0 Å². The Morgan fingerprint density at radius 1 is 1.22 bits per heavy atom. The number of thioether (sulfide) groups is 1. The van der Waals surface area contributed by atoms with Crippen LogP contribution in [-0.2, 0) is 11.3 Å². The molecule has 1 aromatic heterocycles. The monoisotopic (exact) mass is 424 g/mol. The Balaban J connectivity index is 1.71. The van der Waals surface area contributed by atoms with Gasteiger partial charge in [0.15, 0.2) is 0 Å². The van der Waals surface area contributed by atoms with Crippen LogP contribution in [0.5, 0.6) is 0 Å². The summed E-state index contributed by atoms with van der Waals surface area (Å²) < 4.78 is 4.97. The molecule has 0 bridgehead atoms. The average molecular weight is 425 g/mol. The third-order valence-corrected chi connectivity index (χ3v) is 5.03. The number of carbonyl (C=O) groups excluding carboxylic acids is 2. The van der Waals surface area contributed by atoms with Crippen LogP contribution < -0.4 is 0 Å².